The summed E-state index contributed by atoms with van der Waals surface area (Å²) < 4.78 is 4.69. The van der Waals surface area contributed by atoms with Crippen molar-refractivity contribution in [3.05, 3.63) is 29.8 Å². The van der Waals surface area contributed by atoms with Crippen molar-refractivity contribution in [2.45, 2.75) is 50.8 Å². The standard InChI is InChI=1S/C17H26N2O3S/c1-10(2)15(18-17(21)22-4)16(20)19-13-8-6-5-7-12(13)9-14(19)11(3)23/h5-8,10-11,14-16,20,23H,9H2,1-4H3,(H,18,21)/t11?,14?,15-,16?/m0/s1. The fraction of sp³-hybridized carbons (Fsp3) is 0.588. The van der Waals surface area contributed by atoms with Gasteiger partial charge in [-0.15, -0.1) is 0 Å². The molecule has 2 N–H and O–H groups in total. The average Bonchev–Trinajstić information content (AvgIpc) is 2.91. The lowest BCUT2D eigenvalue weighted by molar-refractivity contribution is 0.0870. The van der Waals surface area contributed by atoms with E-state index in [1.54, 1.807) is 0 Å². The van der Waals surface area contributed by atoms with Crippen molar-refractivity contribution in [2.75, 3.05) is 12.0 Å². The van der Waals surface area contributed by atoms with Crippen molar-refractivity contribution in [3.8, 4) is 0 Å². The summed E-state index contributed by atoms with van der Waals surface area (Å²) in [5, 5.41) is 13.9. The van der Waals surface area contributed by atoms with E-state index in [9.17, 15) is 9.90 Å². The number of alkyl carbamates (subject to hydrolysis) is 1. The van der Waals surface area contributed by atoms with Gasteiger partial charge in [0.15, 0.2) is 0 Å². The fourth-order valence-corrected chi connectivity index (χ4v) is 3.38. The van der Waals surface area contributed by atoms with Gasteiger partial charge in [0.2, 0.25) is 0 Å². The third kappa shape index (κ3) is 3.75. The number of rotatable bonds is 5. The van der Waals surface area contributed by atoms with Crippen molar-refractivity contribution in [1.29, 1.82) is 0 Å². The van der Waals surface area contributed by atoms with E-state index < -0.39 is 18.4 Å². The third-order valence-corrected chi connectivity index (χ3v) is 4.75. The van der Waals surface area contributed by atoms with Gasteiger partial charge in [-0.25, -0.2) is 4.79 Å². The molecule has 5 nitrogen and oxygen atoms in total. The molecule has 0 radical (unpaired) electrons. The van der Waals surface area contributed by atoms with Gasteiger partial charge in [-0.3, -0.25) is 0 Å². The summed E-state index contributed by atoms with van der Waals surface area (Å²) in [5.74, 6) is 0.0488. The van der Waals surface area contributed by atoms with Crippen molar-refractivity contribution >= 4 is 24.4 Å². The van der Waals surface area contributed by atoms with Crippen LogP contribution in [0.1, 0.15) is 26.3 Å². The van der Waals surface area contributed by atoms with Crippen LogP contribution in [0.4, 0.5) is 10.5 Å². The molecule has 1 amide bonds. The molecule has 3 unspecified atom stereocenters. The van der Waals surface area contributed by atoms with Crippen molar-refractivity contribution in [2.24, 2.45) is 5.92 Å². The van der Waals surface area contributed by atoms with Crippen LogP contribution in [-0.4, -0.2) is 41.9 Å². The second-order valence-corrected chi connectivity index (χ2v) is 7.18. The van der Waals surface area contributed by atoms with Gasteiger partial charge in [0.1, 0.15) is 6.23 Å². The molecule has 0 fully saturated rings. The average molecular weight is 338 g/mol. The Labute approximate surface area is 143 Å². The van der Waals surface area contributed by atoms with Crippen LogP contribution in [0.3, 0.4) is 0 Å². The number of hydrogen-bond donors (Lipinski definition) is 3. The molecule has 0 spiro atoms. The van der Waals surface area contributed by atoms with Crippen LogP contribution >= 0.6 is 12.6 Å². The van der Waals surface area contributed by atoms with Crippen LogP contribution in [0, 0.1) is 5.92 Å². The first kappa shape index (κ1) is 17.9. The number of anilines is 1. The number of amides is 1. The quantitative estimate of drug-likeness (QED) is 0.722. The van der Waals surface area contributed by atoms with E-state index in [1.807, 2.05) is 43.9 Å². The van der Waals surface area contributed by atoms with Gasteiger partial charge in [0, 0.05) is 17.0 Å². The number of ether oxygens (including phenoxy) is 1. The zero-order valence-electron chi connectivity index (χ0n) is 14.1. The number of carbonyl (C=O) groups is 1. The van der Waals surface area contributed by atoms with Crippen LogP contribution in [0.15, 0.2) is 24.3 Å². The highest BCUT2D eigenvalue weighted by molar-refractivity contribution is 7.81. The van der Waals surface area contributed by atoms with Gasteiger partial charge in [-0.1, -0.05) is 39.0 Å². The molecule has 1 aromatic carbocycles. The van der Waals surface area contributed by atoms with E-state index in [1.165, 1.54) is 12.7 Å². The smallest absolute Gasteiger partial charge is 0.407 e. The molecule has 1 aliphatic heterocycles. The van der Waals surface area contributed by atoms with Gasteiger partial charge in [0.25, 0.3) is 0 Å². The minimum atomic E-state index is -0.850. The second-order valence-electron chi connectivity index (χ2n) is 6.37. The van der Waals surface area contributed by atoms with Crippen LogP contribution in [0.2, 0.25) is 0 Å². The van der Waals surface area contributed by atoms with E-state index in [2.05, 4.69) is 24.0 Å². The molecule has 6 heteroatoms. The molecule has 128 valence electrons. The van der Waals surface area contributed by atoms with Crippen LogP contribution in [0.5, 0.6) is 0 Å². The molecule has 23 heavy (non-hydrogen) atoms. The molecule has 0 saturated carbocycles. The van der Waals surface area contributed by atoms with E-state index in [4.69, 9.17) is 4.74 Å². The largest absolute Gasteiger partial charge is 0.453 e. The van der Waals surface area contributed by atoms with Gasteiger partial charge in [-0.2, -0.15) is 12.6 Å². The molecule has 2 rings (SSSR count). The number of carbonyl (C=O) groups excluding carboxylic acids is 1. The number of benzene rings is 1. The monoisotopic (exact) mass is 338 g/mol. The number of hydrogen-bond acceptors (Lipinski definition) is 5. The summed E-state index contributed by atoms with van der Waals surface area (Å²) >= 11 is 4.60. The zero-order valence-corrected chi connectivity index (χ0v) is 15.0. The van der Waals surface area contributed by atoms with E-state index in [0.717, 1.165) is 12.1 Å². The van der Waals surface area contributed by atoms with Gasteiger partial charge < -0.3 is 20.1 Å². The first-order chi connectivity index (χ1) is 10.9. The predicted octanol–water partition coefficient (Wildman–Crippen LogP) is 2.44. The zero-order chi connectivity index (χ0) is 17.1. The van der Waals surface area contributed by atoms with Crippen LogP contribution in [-0.2, 0) is 11.2 Å². The predicted molar refractivity (Wildman–Crippen MR) is 95.0 cm³/mol. The maximum atomic E-state index is 11.6. The first-order valence-corrected chi connectivity index (χ1v) is 8.45. The Morgan fingerprint density at radius 3 is 2.61 bits per heavy atom. The van der Waals surface area contributed by atoms with Gasteiger partial charge in [0.05, 0.1) is 13.2 Å². The summed E-state index contributed by atoms with van der Waals surface area (Å²) in [7, 11) is 1.32. The molecule has 1 heterocycles. The van der Waals surface area contributed by atoms with E-state index >= 15 is 0 Å². The van der Waals surface area contributed by atoms with Gasteiger partial charge in [-0.05, 0) is 24.0 Å². The highest BCUT2D eigenvalue weighted by Crippen LogP contribution is 2.36. The third-order valence-electron chi connectivity index (χ3n) is 4.41. The number of thiol groups is 1. The normalized spacial score (nSPS) is 20.8. The maximum absolute atomic E-state index is 11.6. The van der Waals surface area contributed by atoms with Crippen molar-refractivity contribution in [1.82, 2.24) is 5.32 Å². The van der Waals surface area contributed by atoms with Crippen molar-refractivity contribution in [3.63, 3.8) is 0 Å². The molecule has 1 aliphatic rings. The molecule has 1 aromatic rings. The number of aliphatic hydroxyl groups excluding tert-OH is 1. The molecule has 4 atom stereocenters. The molecular formula is C17H26N2O3S. The Balaban J connectivity index is 2.32. The van der Waals surface area contributed by atoms with Gasteiger partial charge >= 0.3 is 6.09 Å². The summed E-state index contributed by atoms with van der Waals surface area (Å²) in [4.78, 5) is 13.6. The molecular weight excluding hydrogens is 312 g/mol. The van der Waals surface area contributed by atoms with Crippen LogP contribution < -0.4 is 10.2 Å². The fourth-order valence-electron chi connectivity index (χ4n) is 3.13. The lowest BCUT2D eigenvalue weighted by Crippen LogP contribution is -2.57. The van der Waals surface area contributed by atoms with E-state index in [-0.39, 0.29) is 17.2 Å². The minimum absolute atomic E-state index is 0.0488. The Morgan fingerprint density at radius 1 is 1.39 bits per heavy atom. The lowest BCUT2D eigenvalue weighted by atomic mass is 10.0. The summed E-state index contributed by atoms with van der Waals surface area (Å²) in [6, 6.07) is 7.67. The summed E-state index contributed by atoms with van der Waals surface area (Å²) in [6.45, 7) is 5.95. The number of nitrogens with one attached hydrogen (secondary N) is 1. The summed E-state index contributed by atoms with van der Waals surface area (Å²) in [5.41, 5.74) is 2.20. The summed E-state index contributed by atoms with van der Waals surface area (Å²) in [6.07, 6.45) is -0.552. The van der Waals surface area contributed by atoms with Crippen molar-refractivity contribution < 1.29 is 14.6 Å². The Morgan fingerprint density at radius 2 is 2.04 bits per heavy atom. The number of nitrogens with zero attached hydrogens (tertiary/aromatic N) is 1. The maximum Gasteiger partial charge on any atom is 0.407 e. The lowest BCUT2D eigenvalue weighted by Gasteiger charge is -2.39. The number of aliphatic hydroxyl groups is 1. The highest BCUT2D eigenvalue weighted by Gasteiger charge is 2.40. The van der Waals surface area contributed by atoms with Crippen LogP contribution in [0.25, 0.3) is 0 Å². The van der Waals surface area contributed by atoms with E-state index in [0.29, 0.717) is 0 Å². The molecule has 0 aliphatic carbocycles. The Hall–Kier alpha value is -1.40. The number of para-hydroxylation sites is 1. The number of fused-ring (bicyclic) bond motifs is 1. The second kappa shape index (κ2) is 7.45. The SMILES string of the molecule is COC(=O)N[C@@H](C(C)C)C(O)N1c2ccccc2CC1C(C)S. The molecule has 0 aromatic heterocycles. The minimum Gasteiger partial charge on any atom is -0.453 e. The number of methoxy groups -OCH3 is 1. The topological polar surface area (TPSA) is 61.8 Å². The Kier molecular flexibility index (Phi) is 5.81. The first-order valence-electron chi connectivity index (χ1n) is 7.93. The highest BCUT2D eigenvalue weighted by atomic mass is 32.1. The molecule has 0 bridgehead atoms. The molecule has 0 saturated heterocycles. The Bertz CT molecular complexity index is 550.